The SMILES string of the molecule is CC1Cc2ccccc2N1C[C@@H]1CNC[C@H]1C. The van der Waals surface area contributed by atoms with Crippen molar-refractivity contribution in [1.82, 2.24) is 5.32 Å². The van der Waals surface area contributed by atoms with E-state index in [2.05, 4.69) is 48.3 Å². The van der Waals surface area contributed by atoms with Crippen molar-refractivity contribution in [2.24, 2.45) is 11.8 Å². The van der Waals surface area contributed by atoms with Crippen LogP contribution in [0.4, 0.5) is 5.69 Å². The van der Waals surface area contributed by atoms with E-state index in [1.165, 1.54) is 37.3 Å². The maximum Gasteiger partial charge on any atom is 0.0402 e. The van der Waals surface area contributed by atoms with Crippen LogP contribution in [0.5, 0.6) is 0 Å². The van der Waals surface area contributed by atoms with Crippen LogP contribution in [0, 0.1) is 11.8 Å². The number of benzene rings is 1. The number of anilines is 1. The average Bonchev–Trinajstić information content (AvgIpc) is 2.85. The highest BCUT2D eigenvalue weighted by Gasteiger charge is 2.31. The third-order valence-electron chi connectivity index (χ3n) is 4.46. The van der Waals surface area contributed by atoms with Crippen molar-refractivity contribution >= 4 is 5.69 Å². The molecule has 0 aromatic heterocycles. The van der Waals surface area contributed by atoms with E-state index in [9.17, 15) is 0 Å². The molecule has 0 spiro atoms. The highest BCUT2D eigenvalue weighted by molar-refractivity contribution is 5.59. The lowest BCUT2D eigenvalue weighted by atomic mass is 9.97. The summed E-state index contributed by atoms with van der Waals surface area (Å²) in [5.41, 5.74) is 3.00. The van der Waals surface area contributed by atoms with Crippen LogP contribution >= 0.6 is 0 Å². The van der Waals surface area contributed by atoms with Crippen LogP contribution in [0.25, 0.3) is 0 Å². The Morgan fingerprint density at radius 1 is 1.24 bits per heavy atom. The molecule has 0 amide bonds. The fourth-order valence-corrected chi connectivity index (χ4v) is 3.27. The number of fused-ring (bicyclic) bond motifs is 1. The van der Waals surface area contributed by atoms with E-state index >= 15 is 0 Å². The first kappa shape index (κ1) is 11.1. The highest BCUT2D eigenvalue weighted by Crippen LogP contribution is 2.33. The molecular formula is C15H22N2. The van der Waals surface area contributed by atoms with Crippen LogP contribution in [-0.4, -0.2) is 25.7 Å². The molecule has 0 saturated carbocycles. The minimum absolute atomic E-state index is 0.667. The van der Waals surface area contributed by atoms with Gasteiger partial charge in [0.2, 0.25) is 0 Å². The van der Waals surface area contributed by atoms with E-state index in [1.54, 1.807) is 0 Å². The molecule has 1 unspecified atom stereocenters. The average molecular weight is 230 g/mol. The van der Waals surface area contributed by atoms with Gasteiger partial charge < -0.3 is 10.2 Å². The van der Waals surface area contributed by atoms with Crippen molar-refractivity contribution in [3.05, 3.63) is 29.8 Å². The summed E-state index contributed by atoms with van der Waals surface area (Å²) in [6, 6.07) is 9.56. The summed E-state index contributed by atoms with van der Waals surface area (Å²) in [6.07, 6.45) is 1.21. The van der Waals surface area contributed by atoms with Gasteiger partial charge in [-0.15, -0.1) is 0 Å². The number of rotatable bonds is 2. The predicted molar refractivity (Wildman–Crippen MR) is 72.5 cm³/mol. The zero-order valence-electron chi connectivity index (χ0n) is 10.8. The molecule has 17 heavy (non-hydrogen) atoms. The summed E-state index contributed by atoms with van der Waals surface area (Å²) in [6.45, 7) is 8.32. The van der Waals surface area contributed by atoms with Gasteiger partial charge in [0.25, 0.3) is 0 Å². The Morgan fingerprint density at radius 3 is 2.82 bits per heavy atom. The van der Waals surface area contributed by atoms with Crippen LogP contribution in [0.3, 0.4) is 0 Å². The Morgan fingerprint density at radius 2 is 2.06 bits per heavy atom. The largest absolute Gasteiger partial charge is 0.368 e. The van der Waals surface area contributed by atoms with E-state index in [4.69, 9.17) is 0 Å². The molecule has 2 nitrogen and oxygen atoms in total. The number of nitrogens with zero attached hydrogens (tertiary/aromatic N) is 1. The monoisotopic (exact) mass is 230 g/mol. The van der Waals surface area contributed by atoms with Gasteiger partial charge in [0.1, 0.15) is 0 Å². The maximum absolute atomic E-state index is 3.51. The Bertz CT molecular complexity index is 402. The Kier molecular flexibility index (Phi) is 2.83. The van der Waals surface area contributed by atoms with Gasteiger partial charge in [0.15, 0.2) is 0 Å². The second-order valence-electron chi connectivity index (χ2n) is 5.73. The summed E-state index contributed by atoms with van der Waals surface area (Å²) in [7, 11) is 0. The Hall–Kier alpha value is -1.02. The van der Waals surface area contributed by atoms with E-state index in [1.807, 2.05) is 0 Å². The van der Waals surface area contributed by atoms with Crippen LogP contribution in [0.1, 0.15) is 19.4 Å². The fourth-order valence-electron chi connectivity index (χ4n) is 3.27. The van der Waals surface area contributed by atoms with Gasteiger partial charge in [-0.25, -0.2) is 0 Å². The zero-order valence-corrected chi connectivity index (χ0v) is 10.8. The first-order valence-corrected chi connectivity index (χ1v) is 6.81. The van der Waals surface area contributed by atoms with E-state index in [-0.39, 0.29) is 0 Å². The molecule has 3 atom stereocenters. The molecule has 2 aliphatic rings. The minimum atomic E-state index is 0.667. The highest BCUT2D eigenvalue weighted by atomic mass is 15.2. The van der Waals surface area contributed by atoms with Gasteiger partial charge >= 0.3 is 0 Å². The van der Waals surface area contributed by atoms with Crippen LogP contribution in [-0.2, 0) is 6.42 Å². The van der Waals surface area contributed by atoms with Gasteiger partial charge in [-0.1, -0.05) is 25.1 Å². The molecule has 0 bridgehead atoms. The van der Waals surface area contributed by atoms with Crippen molar-refractivity contribution in [2.45, 2.75) is 26.3 Å². The van der Waals surface area contributed by atoms with Crippen molar-refractivity contribution in [3.63, 3.8) is 0 Å². The first-order chi connectivity index (χ1) is 8.25. The molecule has 1 aromatic rings. The van der Waals surface area contributed by atoms with Gasteiger partial charge in [-0.2, -0.15) is 0 Å². The normalized spacial score (nSPS) is 31.9. The molecule has 1 saturated heterocycles. The number of nitrogens with one attached hydrogen (secondary N) is 1. The lowest BCUT2D eigenvalue weighted by molar-refractivity contribution is 0.437. The third-order valence-corrected chi connectivity index (χ3v) is 4.46. The van der Waals surface area contributed by atoms with Crippen molar-refractivity contribution < 1.29 is 0 Å². The first-order valence-electron chi connectivity index (χ1n) is 6.81. The molecule has 2 heterocycles. The maximum atomic E-state index is 3.51. The molecule has 2 aliphatic heterocycles. The summed E-state index contributed by atoms with van der Waals surface area (Å²) < 4.78 is 0. The quantitative estimate of drug-likeness (QED) is 0.838. The topological polar surface area (TPSA) is 15.3 Å². The Balaban J connectivity index is 1.79. The van der Waals surface area contributed by atoms with E-state index in [0.717, 1.165) is 11.8 Å². The molecule has 1 fully saturated rings. The summed E-state index contributed by atoms with van der Waals surface area (Å²) in [4.78, 5) is 2.61. The summed E-state index contributed by atoms with van der Waals surface area (Å²) in [5, 5.41) is 3.51. The predicted octanol–water partition coefficient (Wildman–Crippen LogP) is 2.29. The summed E-state index contributed by atoms with van der Waals surface area (Å²) >= 11 is 0. The lowest BCUT2D eigenvalue weighted by Gasteiger charge is -2.29. The second kappa shape index (κ2) is 4.34. The van der Waals surface area contributed by atoms with Gasteiger partial charge in [-0.05, 0) is 49.9 Å². The minimum Gasteiger partial charge on any atom is -0.368 e. The number of para-hydroxylation sites is 1. The number of hydrogen-bond acceptors (Lipinski definition) is 2. The molecule has 1 N–H and O–H groups in total. The molecule has 92 valence electrons. The zero-order chi connectivity index (χ0) is 11.8. The molecular weight excluding hydrogens is 208 g/mol. The van der Waals surface area contributed by atoms with E-state index in [0.29, 0.717) is 6.04 Å². The van der Waals surface area contributed by atoms with E-state index < -0.39 is 0 Å². The van der Waals surface area contributed by atoms with Gasteiger partial charge in [-0.3, -0.25) is 0 Å². The lowest BCUT2D eigenvalue weighted by Crippen LogP contribution is -2.36. The molecule has 0 aliphatic carbocycles. The molecule has 2 heteroatoms. The van der Waals surface area contributed by atoms with Gasteiger partial charge in [0, 0.05) is 18.3 Å². The van der Waals surface area contributed by atoms with Gasteiger partial charge in [0.05, 0.1) is 0 Å². The fraction of sp³-hybridized carbons (Fsp3) is 0.600. The number of hydrogen-bond donors (Lipinski definition) is 1. The van der Waals surface area contributed by atoms with Crippen LogP contribution < -0.4 is 10.2 Å². The van der Waals surface area contributed by atoms with Crippen molar-refractivity contribution in [3.8, 4) is 0 Å². The second-order valence-corrected chi connectivity index (χ2v) is 5.73. The molecule has 3 rings (SSSR count). The Labute approximate surface area is 104 Å². The third kappa shape index (κ3) is 1.95. The molecule has 0 radical (unpaired) electrons. The molecule has 1 aromatic carbocycles. The smallest absolute Gasteiger partial charge is 0.0402 e. The van der Waals surface area contributed by atoms with Crippen molar-refractivity contribution in [2.75, 3.05) is 24.5 Å². The van der Waals surface area contributed by atoms with Crippen molar-refractivity contribution in [1.29, 1.82) is 0 Å². The standard InChI is InChI=1S/C15H22N2/c1-11-8-16-9-14(11)10-17-12(2)7-13-5-3-4-6-15(13)17/h3-6,11-12,14,16H,7-10H2,1-2H3/t11-,12?,14+/m1/s1. The van der Waals surface area contributed by atoms with Crippen LogP contribution in [0.15, 0.2) is 24.3 Å². The summed E-state index contributed by atoms with van der Waals surface area (Å²) in [5.74, 6) is 1.62. The van der Waals surface area contributed by atoms with Crippen LogP contribution in [0.2, 0.25) is 0 Å².